The van der Waals surface area contributed by atoms with Crippen molar-refractivity contribution in [1.82, 2.24) is 0 Å². The van der Waals surface area contributed by atoms with Gasteiger partial charge in [-0.25, -0.2) is 0 Å². The first-order chi connectivity index (χ1) is 13.8. The number of nitriles is 1. The van der Waals surface area contributed by atoms with E-state index >= 15 is 0 Å². The quantitative estimate of drug-likeness (QED) is 0.246. The van der Waals surface area contributed by atoms with Gasteiger partial charge in [0.2, 0.25) is 0 Å². The van der Waals surface area contributed by atoms with Gasteiger partial charge in [0.25, 0.3) is 0 Å². The lowest BCUT2D eigenvalue weighted by Gasteiger charge is -2.08. The third kappa shape index (κ3) is 5.31. The summed E-state index contributed by atoms with van der Waals surface area (Å²) in [6.07, 6.45) is 1.63. The van der Waals surface area contributed by atoms with E-state index in [1.807, 2.05) is 0 Å². The van der Waals surface area contributed by atoms with Crippen molar-refractivity contribution in [1.29, 1.82) is 5.26 Å². The molecule has 0 aliphatic carbocycles. The first-order valence-corrected chi connectivity index (χ1v) is 10.7. The molecule has 3 aromatic rings. The van der Waals surface area contributed by atoms with Gasteiger partial charge in [0, 0.05) is 15.6 Å². The summed E-state index contributed by atoms with van der Waals surface area (Å²) in [5.41, 5.74) is 1.56. The maximum atomic E-state index is 12.3. The van der Waals surface area contributed by atoms with Crippen molar-refractivity contribution in [2.45, 2.75) is 4.90 Å². The normalized spacial score (nSPS) is 11.7. The summed E-state index contributed by atoms with van der Waals surface area (Å²) in [4.78, 5) is -0.00461. The summed E-state index contributed by atoms with van der Waals surface area (Å²) in [6, 6.07) is 18.9. The lowest BCUT2D eigenvalue weighted by Crippen LogP contribution is -2.09. The van der Waals surface area contributed by atoms with Gasteiger partial charge < -0.3 is 4.18 Å². The average molecular weight is 465 g/mol. The van der Waals surface area contributed by atoms with Gasteiger partial charge in [0.15, 0.2) is 0 Å². The first-order valence-electron chi connectivity index (χ1n) is 8.16. The molecule has 0 atom stereocenters. The van der Waals surface area contributed by atoms with E-state index in [4.69, 9.17) is 39.0 Å². The van der Waals surface area contributed by atoms with Gasteiger partial charge in [-0.1, -0.05) is 53.0 Å². The Hall–Kier alpha value is -2.49. The average Bonchev–Trinajstić information content (AvgIpc) is 2.68. The molecular formula is C21H12Cl3NO3S. The molecule has 0 saturated carbocycles. The smallest absolute Gasteiger partial charge is 0.339 e. The molecule has 0 heterocycles. The number of nitrogens with zero attached hydrogens (tertiary/aromatic N) is 1. The minimum Gasteiger partial charge on any atom is -0.379 e. The molecule has 3 rings (SSSR count). The van der Waals surface area contributed by atoms with Gasteiger partial charge in [0.1, 0.15) is 10.6 Å². The zero-order chi connectivity index (χ0) is 21.0. The maximum absolute atomic E-state index is 12.3. The lowest BCUT2D eigenvalue weighted by atomic mass is 10.0. The highest BCUT2D eigenvalue weighted by atomic mass is 35.5. The Kier molecular flexibility index (Phi) is 6.51. The molecule has 0 amide bonds. The van der Waals surface area contributed by atoms with Crippen molar-refractivity contribution in [3.05, 3.63) is 92.9 Å². The van der Waals surface area contributed by atoms with Crippen molar-refractivity contribution in [3.63, 3.8) is 0 Å². The number of hydrogen-bond donors (Lipinski definition) is 0. The van der Waals surface area contributed by atoms with Gasteiger partial charge >= 0.3 is 10.1 Å². The second-order valence-electron chi connectivity index (χ2n) is 5.85. The second-order valence-corrected chi connectivity index (χ2v) is 8.68. The predicted molar refractivity (Wildman–Crippen MR) is 116 cm³/mol. The van der Waals surface area contributed by atoms with Crippen LogP contribution >= 0.6 is 34.8 Å². The molecule has 0 unspecified atom stereocenters. The molecule has 3 aromatic carbocycles. The van der Waals surface area contributed by atoms with Gasteiger partial charge in [0.05, 0.1) is 16.7 Å². The van der Waals surface area contributed by atoms with Crippen molar-refractivity contribution in [3.8, 4) is 11.8 Å². The Bertz CT molecular complexity index is 1210. The lowest BCUT2D eigenvalue weighted by molar-refractivity contribution is 0.486. The van der Waals surface area contributed by atoms with Gasteiger partial charge in [-0.2, -0.15) is 13.7 Å². The van der Waals surface area contributed by atoms with Crippen molar-refractivity contribution in [2.24, 2.45) is 0 Å². The SMILES string of the molecule is N#C/C(=C\c1ccc(OS(=O)(=O)c2ccc(Cl)cc2)cc1)c1ccc(Cl)cc1Cl. The summed E-state index contributed by atoms with van der Waals surface area (Å²) < 4.78 is 29.8. The molecule has 29 heavy (non-hydrogen) atoms. The standard InChI is InChI=1S/C21H12Cl3NO3S/c22-16-3-8-19(9-4-16)29(26,27)28-18-6-1-14(2-7-18)11-15(13-25)20-10-5-17(23)12-21(20)24/h1-12H/b15-11+. The van der Waals surface area contributed by atoms with Gasteiger partial charge in [-0.05, 0) is 60.2 Å². The monoisotopic (exact) mass is 463 g/mol. The van der Waals surface area contributed by atoms with Crippen LogP contribution in [0.2, 0.25) is 15.1 Å². The Morgan fingerprint density at radius 3 is 2.10 bits per heavy atom. The van der Waals surface area contributed by atoms with Crippen LogP contribution in [0.1, 0.15) is 11.1 Å². The number of benzene rings is 3. The molecule has 0 aliphatic rings. The van der Waals surface area contributed by atoms with E-state index in [0.717, 1.165) is 0 Å². The van der Waals surface area contributed by atoms with Crippen LogP contribution in [0.4, 0.5) is 0 Å². The highest BCUT2D eigenvalue weighted by Crippen LogP contribution is 2.29. The molecular weight excluding hydrogens is 453 g/mol. The number of allylic oxidation sites excluding steroid dienone is 1. The molecule has 8 heteroatoms. The Morgan fingerprint density at radius 2 is 1.52 bits per heavy atom. The van der Waals surface area contributed by atoms with Crippen LogP contribution < -0.4 is 4.18 Å². The maximum Gasteiger partial charge on any atom is 0.339 e. The first kappa shape index (κ1) is 21.2. The third-order valence-electron chi connectivity index (χ3n) is 3.84. The molecule has 0 aromatic heterocycles. The van der Waals surface area contributed by atoms with Crippen LogP contribution in [0.25, 0.3) is 11.6 Å². The van der Waals surface area contributed by atoms with Crippen LogP contribution in [-0.2, 0) is 10.1 Å². The largest absolute Gasteiger partial charge is 0.379 e. The zero-order valence-electron chi connectivity index (χ0n) is 14.6. The Labute approximate surface area is 183 Å². The fourth-order valence-electron chi connectivity index (χ4n) is 2.44. The molecule has 0 saturated heterocycles. The molecule has 0 N–H and O–H groups in total. The van der Waals surface area contributed by atoms with Crippen molar-refractivity contribution < 1.29 is 12.6 Å². The van der Waals surface area contributed by atoms with E-state index in [0.29, 0.717) is 31.8 Å². The molecule has 146 valence electrons. The fourth-order valence-corrected chi connectivity index (χ4v) is 4.01. The number of halogens is 3. The summed E-state index contributed by atoms with van der Waals surface area (Å²) in [7, 11) is -3.98. The fraction of sp³-hybridized carbons (Fsp3) is 0. The summed E-state index contributed by atoms with van der Waals surface area (Å²) in [6.45, 7) is 0. The summed E-state index contributed by atoms with van der Waals surface area (Å²) >= 11 is 17.8. The van der Waals surface area contributed by atoms with Crippen LogP contribution in [0.5, 0.6) is 5.75 Å². The Balaban J connectivity index is 1.83. The number of hydrogen-bond acceptors (Lipinski definition) is 4. The topological polar surface area (TPSA) is 67.2 Å². The molecule has 0 spiro atoms. The Morgan fingerprint density at radius 1 is 0.897 bits per heavy atom. The van der Waals surface area contributed by atoms with E-state index in [-0.39, 0.29) is 10.6 Å². The molecule has 0 bridgehead atoms. The third-order valence-corrected chi connectivity index (χ3v) is 5.90. The number of rotatable bonds is 5. The van der Waals surface area contributed by atoms with Crippen LogP contribution in [0.15, 0.2) is 71.6 Å². The van der Waals surface area contributed by atoms with E-state index < -0.39 is 10.1 Å². The van der Waals surface area contributed by atoms with E-state index in [1.165, 1.54) is 36.4 Å². The predicted octanol–water partition coefficient (Wildman–Crippen LogP) is 6.48. The summed E-state index contributed by atoms with van der Waals surface area (Å²) in [5, 5.41) is 10.7. The molecule has 0 aliphatic heterocycles. The van der Waals surface area contributed by atoms with Crippen molar-refractivity contribution >= 4 is 56.6 Å². The van der Waals surface area contributed by atoms with Crippen LogP contribution in [-0.4, -0.2) is 8.42 Å². The van der Waals surface area contributed by atoms with Gasteiger partial charge in [-0.3, -0.25) is 0 Å². The minimum absolute atomic E-state index is 0.00461. The van der Waals surface area contributed by atoms with Crippen LogP contribution in [0.3, 0.4) is 0 Å². The second kappa shape index (κ2) is 8.89. The van der Waals surface area contributed by atoms with Gasteiger partial charge in [-0.15, -0.1) is 0 Å². The zero-order valence-corrected chi connectivity index (χ0v) is 17.7. The molecule has 4 nitrogen and oxygen atoms in total. The summed E-state index contributed by atoms with van der Waals surface area (Å²) in [5.74, 6) is 0.139. The van der Waals surface area contributed by atoms with E-state index in [9.17, 15) is 13.7 Å². The van der Waals surface area contributed by atoms with Crippen molar-refractivity contribution in [2.75, 3.05) is 0 Å². The highest BCUT2D eigenvalue weighted by molar-refractivity contribution is 7.87. The van der Waals surface area contributed by atoms with E-state index in [1.54, 1.807) is 36.4 Å². The molecule has 0 fully saturated rings. The minimum atomic E-state index is -3.98. The van der Waals surface area contributed by atoms with E-state index in [2.05, 4.69) is 6.07 Å². The molecule has 0 radical (unpaired) electrons. The van der Waals surface area contributed by atoms with Crippen LogP contribution in [0, 0.1) is 11.3 Å². The highest BCUT2D eigenvalue weighted by Gasteiger charge is 2.16.